The molecule has 4 nitrogen and oxygen atoms in total. The van der Waals surface area contributed by atoms with Gasteiger partial charge in [-0.05, 0) is 33.4 Å². The summed E-state index contributed by atoms with van der Waals surface area (Å²) in [4.78, 5) is 10.7. The Balaban J connectivity index is 1.96. The fourth-order valence-corrected chi connectivity index (χ4v) is 2.03. The highest BCUT2D eigenvalue weighted by Gasteiger charge is 2.16. The van der Waals surface area contributed by atoms with Crippen molar-refractivity contribution in [3.8, 4) is 0 Å². The van der Waals surface area contributed by atoms with Gasteiger partial charge in [-0.2, -0.15) is 0 Å². The zero-order chi connectivity index (χ0) is 10.7. The molecule has 2 rings (SSSR count). The van der Waals surface area contributed by atoms with Gasteiger partial charge in [0.15, 0.2) is 0 Å². The van der Waals surface area contributed by atoms with E-state index in [0.29, 0.717) is 6.04 Å². The second-order valence-electron chi connectivity index (χ2n) is 4.29. The third kappa shape index (κ3) is 2.89. The van der Waals surface area contributed by atoms with Crippen LogP contribution in [-0.4, -0.2) is 41.0 Å². The minimum absolute atomic E-state index is 0.526. The molecule has 4 heteroatoms. The van der Waals surface area contributed by atoms with E-state index in [1.54, 1.807) is 6.33 Å². The summed E-state index contributed by atoms with van der Waals surface area (Å²) in [7, 11) is 2.17. The van der Waals surface area contributed by atoms with Crippen LogP contribution in [0.1, 0.15) is 18.5 Å². The largest absolute Gasteiger partial charge is 0.366 e. The number of aromatic nitrogens is 2. The summed E-state index contributed by atoms with van der Waals surface area (Å²) in [6.45, 7) is 4.30. The van der Waals surface area contributed by atoms with E-state index in [9.17, 15) is 0 Å². The number of nitrogens with one attached hydrogen (secondary N) is 1. The molecule has 1 fully saturated rings. The topological polar surface area (TPSA) is 41.0 Å². The lowest BCUT2D eigenvalue weighted by Gasteiger charge is -2.30. The number of piperidine rings is 1. The van der Waals surface area contributed by atoms with Crippen LogP contribution < -0.4 is 5.32 Å². The monoisotopic (exact) mass is 206 g/mol. The van der Waals surface area contributed by atoms with Crippen molar-refractivity contribution in [3.63, 3.8) is 0 Å². The number of likely N-dealkylation sites (tertiary alicyclic amines) is 1. The van der Waals surface area contributed by atoms with Crippen molar-refractivity contribution >= 4 is 5.82 Å². The van der Waals surface area contributed by atoms with Crippen LogP contribution in [-0.2, 0) is 0 Å². The van der Waals surface area contributed by atoms with Crippen molar-refractivity contribution in [1.82, 2.24) is 14.9 Å². The maximum atomic E-state index is 4.22. The van der Waals surface area contributed by atoms with Crippen LogP contribution in [0.15, 0.2) is 12.4 Å². The van der Waals surface area contributed by atoms with Crippen molar-refractivity contribution in [3.05, 3.63) is 18.1 Å². The molecule has 0 spiro atoms. The first kappa shape index (κ1) is 10.4. The van der Waals surface area contributed by atoms with Crippen molar-refractivity contribution in [1.29, 1.82) is 0 Å². The van der Waals surface area contributed by atoms with Gasteiger partial charge in [0.1, 0.15) is 12.1 Å². The summed E-state index contributed by atoms with van der Waals surface area (Å²) in [6, 6.07) is 2.52. The summed E-state index contributed by atoms with van der Waals surface area (Å²) in [5, 5.41) is 3.46. The molecule has 0 amide bonds. The molecule has 1 N–H and O–H groups in total. The Morgan fingerprint density at radius 1 is 1.47 bits per heavy atom. The number of likely N-dealkylation sites (N-methyl/N-ethyl adjacent to an activating group) is 1. The van der Waals surface area contributed by atoms with Gasteiger partial charge >= 0.3 is 0 Å². The van der Waals surface area contributed by atoms with E-state index < -0.39 is 0 Å². The normalized spacial score (nSPS) is 22.7. The second-order valence-corrected chi connectivity index (χ2v) is 4.29. The molecular weight excluding hydrogens is 188 g/mol. The fraction of sp³-hybridized carbons (Fsp3) is 0.636. The van der Waals surface area contributed by atoms with Gasteiger partial charge in [-0.25, -0.2) is 9.97 Å². The second kappa shape index (κ2) is 4.57. The van der Waals surface area contributed by atoms with E-state index in [2.05, 4.69) is 27.2 Å². The van der Waals surface area contributed by atoms with E-state index in [1.165, 1.54) is 19.4 Å². The third-order valence-electron chi connectivity index (χ3n) is 2.78. The highest BCUT2D eigenvalue weighted by molar-refractivity contribution is 5.35. The SMILES string of the molecule is Cc1cc(NC2CCCN(C)C2)ncn1. The molecule has 1 atom stereocenters. The Labute approximate surface area is 90.7 Å². The Kier molecular flexibility index (Phi) is 3.16. The summed E-state index contributed by atoms with van der Waals surface area (Å²) in [5.41, 5.74) is 1.01. The van der Waals surface area contributed by atoms with Crippen LogP contribution in [0.25, 0.3) is 0 Å². The minimum atomic E-state index is 0.526. The summed E-state index contributed by atoms with van der Waals surface area (Å²) in [6.07, 6.45) is 4.11. The molecule has 1 aliphatic rings. The van der Waals surface area contributed by atoms with Crippen molar-refractivity contribution in [2.75, 3.05) is 25.5 Å². The molecule has 1 aromatic heterocycles. The number of aryl methyl sites for hydroxylation is 1. The predicted octanol–water partition coefficient (Wildman–Crippen LogP) is 1.29. The predicted molar refractivity (Wildman–Crippen MR) is 60.9 cm³/mol. The molecule has 1 aliphatic heterocycles. The van der Waals surface area contributed by atoms with Crippen molar-refractivity contribution in [2.24, 2.45) is 0 Å². The van der Waals surface area contributed by atoms with Gasteiger partial charge in [0.05, 0.1) is 0 Å². The molecule has 1 aromatic rings. The van der Waals surface area contributed by atoms with E-state index in [0.717, 1.165) is 18.1 Å². The van der Waals surface area contributed by atoms with Crippen LogP contribution in [0.5, 0.6) is 0 Å². The average molecular weight is 206 g/mol. The average Bonchev–Trinajstić information content (AvgIpc) is 2.17. The van der Waals surface area contributed by atoms with Crippen LogP contribution in [0.2, 0.25) is 0 Å². The molecule has 15 heavy (non-hydrogen) atoms. The molecule has 2 heterocycles. The van der Waals surface area contributed by atoms with Gasteiger partial charge in [0.25, 0.3) is 0 Å². The van der Waals surface area contributed by atoms with Crippen LogP contribution in [0.3, 0.4) is 0 Å². The minimum Gasteiger partial charge on any atom is -0.366 e. The van der Waals surface area contributed by atoms with E-state index >= 15 is 0 Å². The zero-order valence-electron chi connectivity index (χ0n) is 9.40. The van der Waals surface area contributed by atoms with Gasteiger partial charge in [0.2, 0.25) is 0 Å². The van der Waals surface area contributed by atoms with Gasteiger partial charge in [-0.1, -0.05) is 0 Å². The van der Waals surface area contributed by atoms with E-state index in [4.69, 9.17) is 0 Å². The molecular formula is C11H18N4. The Morgan fingerprint density at radius 2 is 2.33 bits per heavy atom. The zero-order valence-corrected chi connectivity index (χ0v) is 9.40. The standard InChI is InChI=1S/C11H18N4/c1-9-6-11(13-8-12-9)14-10-4-3-5-15(2)7-10/h6,8,10H,3-5,7H2,1-2H3,(H,12,13,14). The van der Waals surface area contributed by atoms with Gasteiger partial charge in [0, 0.05) is 24.3 Å². The quantitative estimate of drug-likeness (QED) is 0.791. The Bertz CT molecular complexity index is 326. The molecule has 0 saturated carbocycles. The summed E-state index contributed by atoms with van der Waals surface area (Å²) < 4.78 is 0. The van der Waals surface area contributed by atoms with Crippen LogP contribution in [0.4, 0.5) is 5.82 Å². The molecule has 0 bridgehead atoms. The summed E-state index contributed by atoms with van der Waals surface area (Å²) >= 11 is 0. The number of rotatable bonds is 2. The molecule has 1 unspecified atom stereocenters. The Morgan fingerprint density at radius 3 is 3.07 bits per heavy atom. The van der Waals surface area contributed by atoms with E-state index in [1.807, 2.05) is 13.0 Å². The van der Waals surface area contributed by atoms with Crippen molar-refractivity contribution in [2.45, 2.75) is 25.8 Å². The first-order chi connectivity index (χ1) is 7.24. The van der Waals surface area contributed by atoms with E-state index in [-0.39, 0.29) is 0 Å². The molecule has 1 saturated heterocycles. The third-order valence-corrected chi connectivity index (χ3v) is 2.78. The smallest absolute Gasteiger partial charge is 0.129 e. The highest BCUT2D eigenvalue weighted by Crippen LogP contribution is 2.13. The molecule has 0 aromatic carbocycles. The Hall–Kier alpha value is -1.16. The number of hydrogen-bond acceptors (Lipinski definition) is 4. The molecule has 0 aliphatic carbocycles. The number of nitrogens with zero attached hydrogens (tertiary/aromatic N) is 3. The van der Waals surface area contributed by atoms with Gasteiger partial charge in [-0.15, -0.1) is 0 Å². The number of anilines is 1. The first-order valence-corrected chi connectivity index (χ1v) is 5.48. The first-order valence-electron chi connectivity index (χ1n) is 5.48. The lowest BCUT2D eigenvalue weighted by molar-refractivity contribution is 0.260. The fourth-order valence-electron chi connectivity index (χ4n) is 2.03. The highest BCUT2D eigenvalue weighted by atomic mass is 15.2. The maximum absolute atomic E-state index is 4.22. The van der Waals surface area contributed by atoms with Crippen LogP contribution in [0, 0.1) is 6.92 Å². The van der Waals surface area contributed by atoms with Crippen LogP contribution >= 0.6 is 0 Å². The summed E-state index contributed by atoms with van der Waals surface area (Å²) in [5.74, 6) is 0.947. The lowest BCUT2D eigenvalue weighted by atomic mass is 10.1. The maximum Gasteiger partial charge on any atom is 0.129 e. The molecule has 82 valence electrons. The molecule has 0 radical (unpaired) electrons. The number of hydrogen-bond donors (Lipinski definition) is 1. The van der Waals surface area contributed by atoms with Crippen molar-refractivity contribution < 1.29 is 0 Å². The van der Waals surface area contributed by atoms with Gasteiger partial charge in [-0.3, -0.25) is 0 Å². The lowest BCUT2D eigenvalue weighted by Crippen LogP contribution is -2.39. The van der Waals surface area contributed by atoms with Gasteiger partial charge < -0.3 is 10.2 Å².